The van der Waals surface area contributed by atoms with Crippen LogP contribution in [0.4, 0.5) is 0 Å². The molecule has 1 fully saturated rings. The van der Waals surface area contributed by atoms with Gasteiger partial charge in [0.05, 0.1) is 12.2 Å². The zero-order valence-corrected chi connectivity index (χ0v) is 17.7. The standard InChI is InChI=1S/C23H28N2O5/c1-4-28-23(27)20-14(2)21(24-15(20)3)22(26)25(17-7-5-6-8-17)12-16-9-10-18-19(11-16)30-13-29-18/h9-11,17,24H,4-8,12-13H2,1-3H3. The van der Waals surface area contributed by atoms with Gasteiger partial charge in [0, 0.05) is 18.3 Å². The molecule has 1 amide bonds. The number of aromatic amines is 1. The fourth-order valence-corrected chi connectivity index (χ4v) is 4.44. The van der Waals surface area contributed by atoms with Gasteiger partial charge in [-0.25, -0.2) is 4.79 Å². The summed E-state index contributed by atoms with van der Waals surface area (Å²) in [6.07, 6.45) is 4.21. The highest BCUT2D eigenvalue weighted by molar-refractivity contribution is 6.00. The first-order chi connectivity index (χ1) is 14.5. The number of amides is 1. The number of esters is 1. The summed E-state index contributed by atoms with van der Waals surface area (Å²) in [5.41, 5.74) is 3.21. The summed E-state index contributed by atoms with van der Waals surface area (Å²) in [5.74, 6) is 0.955. The van der Waals surface area contributed by atoms with Crippen LogP contribution in [0, 0.1) is 13.8 Å². The quantitative estimate of drug-likeness (QED) is 0.722. The number of hydrogen-bond acceptors (Lipinski definition) is 5. The van der Waals surface area contributed by atoms with Crippen LogP contribution >= 0.6 is 0 Å². The molecule has 0 bridgehead atoms. The number of nitrogens with zero attached hydrogens (tertiary/aromatic N) is 1. The number of benzene rings is 1. The van der Waals surface area contributed by atoms with Crippen LogP contribution in [0.5, 0.6) is 11.5 Å². The van der Waals surface area contributed by atoms with E-state index in [0.29, 0.717) is 41.4 Å². The second-order valence-electron chi connectivity index (χ2n) is 7.90. The van der Waals surface area contributed by atoms with Crippen molar-refractivity contribution in [1.82, 2.24) is 9.88 Å². The van der Waals surface area contributed by atoms with Gasteiger partial charge in [-0.2, -0.15) is 0 Å². The number of carbonyl (C=O) groups is 2. The molecule has 1 aromatic heterocycles. The average Bonchev–Trinajstić information content (AvgIpc) is 3.46. The predicted octanol–water partition coefficient (Wildman–Crippen LogP) is 4.12. The van der Waals surface area contributed by atoms with E-state index in [4.69, 9.17) is 14.2 Å². The van der Waals surface area contributed by atoms with Crippen molar-refractivity contribution < 1.29 is 23.8 Å². The summed E-state index contributed by atoms with van der Waals surface area (Å²) in [6.45, 7) is 6.37. The fourth-order valence-electron chi connectivity index (χ4n) is 4.44. The number of ether oxygens (including phenoxy) is 3. The SMILES string of the molecule is CCOC(=O)c1c(C)[nH]c(C(=O)N(Cc2ccc3c(c2)OCO3)C2CCCC2)c1C. The van der Waals surface area contributed by atoms with Gasteiger partial charge < -0.3 is 24.1 Å². The molecule has 7 nitrogen and oxygen atoms in total. The summed E-state index contributed by atoms with van der Waals surface area (Å²) in [6, 6.07) is 5.98. The van der Waals surface area contributed by atoms with E-state index < -0.39 is 5.97 Å². The zero-order valence-electron chi connectivity index (χ0n) is 17.7. The first-order valence-electron chi connectivity index (χ1n) is 10.5. The van der Waals surface area contributed by atoms with Crippen LogP contribution in [0.1, 0.15) is 70.3 Å². The van der Waals surface area contributed by atoms with Crippen LogP contribution in [0.3, 0.4) is 0 Å². The lowest BCUT2D eigenvalue weighted by Gasteiger charge is -2.29. The van der Waals surface area contributed by atoms with Crippen LogP contribution < -0.4 is 9.47 Å². The Bertz CT molecular complexity index is 959. The summed E-state index contributed by atoms with van der Waals surface area (Å²) in [7, 11) is 0. The van der Waals surface area contributed by atoms with Gasteiger partial charge >= 0.3 is 5.97 Å². The molecule has 0 radical (unpaired) electrons. The summed E-state index contributed by atoms with van der Waals surface area (Å²) < 4.78 is 16.1. The third-order valence-electron chi connectivity index (χ3n) is 5.95. The molecule has 4 rings (SSSR count). The Morgan fingerprint density at radius 2 is 1.90 bits per heavy atom. The maximum absolute atomic E-state index is 13.6. The van der Waals surface area contributed by atoms with Gasteiger partial charge in [-0.3, -0.25) is 4.79 Å². The van der Waals surface area contributed by atoms with E-state index in [2.05, 4.69) is 4.98 Å². The molecule has 2 heterocycles. The maximum Gasteiger partial charge on any atom is 0.340 e. The predicted molar refractivity (Wildman–Crippen MR) is 111 cm³/mol. The van der Waals surface area contributed by atoms with E-state index in [-0.39, 0.29) is 18.7 Å². The van der Waals surface area contributed by atoms with Gasteiger partial charge in [0.25, 0.3) is 5.91 Å². The van der Waals surface area contributed by atoms with Crippen molar-refractivity contribution in [2.45, 2.75) is 59.0 Å². The van der Waals surface area contributed by atoms with Crippen molar-refractivity contribution in [3.8, 4) is 11.5 Å². The molecule has 30 heavy (non-hydrogen) atoms. The first-order valence-corrected chi connectivity index (χ1v) is 10.5. The van der Waals surface area contributed by atoms with Crippen molar-refractivity contribution in [3.05, 3.63) is 46.3 Å². The third kappa shape index (κ3) is 3.76. The molecule has 1 aliphatic carbocycles. The smallest absolute Gasteiger partial charge is 0.340 e. The summed E-state index contributed by atoms with van der Waals surface area (Å²) in [5, 5.41) is 0. The van der Waals surface area contributed by atoms with Crippen LogP contribution in [-0.4, -0.2) is 41.2 Å². The lowest BCUT2D eigenvalue weighted by atomic mass is 10.1. The number of fused-ring (bicyclic) bond motifs is 1. The summed E-state index contributed by atoms with van der Waals surface area (Å²) >= 11 is 0. The molecule has 0 atom stereocenters. The molecule has 0 unspecified atom stereocenters. The maximum atomic E-state index is 13.6. The van der Waals surface area contributed by atoms with E-state index in [0.717, 1.165) is 37.0 Å². The van der Waals surface area contributed by atoms with Gasteiger partial charge in [0.2, 0.25) is 6.79 Å². The lowest BCUT2D eigenvalue weighted by Crippen LogP contribution is -2.38. The summed E-state index contributed by atoms with van der Waals surface area (Å²) in [4.78, 5) is 31.1. The normalized spacial score (nSPS) is 15.4. The molecule has 1 aromatic carbocycles. The Kier molecular flexibility index (Phi) is 5.70. The minimum atomic E-state index is -0.397. The lowest BCUT2D eigenvalue weighted by molar-refractivity contribution is 0.0525. The van der Waals surface area contributed by atoms with Gasteiger partial charge in [-0.15, -0.1) is 0 Å². The Balaban J connectivity index is 1.64. The van der Waals surface area contributed by atoms with E-state index in [1.807, 2.05) is 23.1 Å². The van der Waals surface area contributed by atoms with Crippen LogP contribution in [-0.2, 0) is 11.3 Å². The molecule has 0 spiro atoms. The number of aryl methyl sites for hydroxylation is 1. The van der Waals surface area contributed by atoms with E-state index in [9.17, 15) is 9.59 Å². The van der Waals surface area contributed by atoms with Gasteiger partial charge in [-0.05, 0) is 56.9 Å². The highest BCUT2D eigenvalue weighted by Gasteiger charge is 2.31. The Morgan fingerprint density at radius 3 is 2.63 bits per heavy atom. The van der Waals surface area contributed by atoms with Crippen molar-refractivity contribution in [2.75, 3.05) is 13.4 Å². The average molecular weight is 412 g/mol. The molecule has 1 aliphatic heterocycles. The van der Waals surface area contributed by atoms with Crippen molar-refractivity contribution in [1.29, 1.82) is 0 Å². The molecule has 7 heteroatoms. The number of hydrogen-bond donors (Lipinski definition) is 1. The van der Waals surface area contributed by atoms with Gasteiger partial charge in [0.1, 0.15) is 5.69 Å². The number of carbonyl (C=O) groups excluding carboxylic acids is 2. The minimum absolute atomic E-state index is 0.0873. The van der Waals surface area contributed by atoms with Gasteiger partial charge in [-0.1, -0.05) is 18.9 Å². The molecule has 1 saturated carbocycles. The van der Waals surface area contributed by atoms with Gasteiger partial charge in [0.15, 0.2) is 11.5 Å². The van der Waals surface area contributed by atoms with Crippen LogP contribution in [0.15, 0.2) is 18.2 Å². The molecule has 160 valence electrons. The highest BCUT2D eigenvalue weighted by Crippen LogP contribution is 2.34. The zero-order chi connectivity index (χ0) is 21.3. The molecule has 2 aliphatic rings. The monoisotopic (exact) mass is 412 g/mol. The Hall–Kier alpha value is -2.96. The number of H-pyrrole nitrogens is 1. The van der Waals surface area contributed by atoms with Crippen LogP contribution in [0.2, 0.25) is 0 Å². The Labute approximate surface area is 176 Å². The number of rotatable bonds is 6. The molecular formula is C23H28N2O5. The highest BCUT2D eigenvalue weighted by atomic mass is 16.7. The molecule has 2 aromatic rings. The largest absolute Gasteiger partial charge is 0.462 e. The van der Waals surface area contributed by atoms with Crippen molar-refractivity contribution in [3.63, 3.8) is 0 Å². The van der Waals surface area contributed by atoms with E-state index in [1.54, 1.807) is 20.8 Å². The van der Waals surface area contributed by atoms with E-state index in [1.165, 1.54) is 0 Å². The molecule has 0 saturated heterocycles. The fraction of sp³-hybridized carbons (Fsp3) is 0.478. The number of aromatic nitrogens is 1. The number of nitrogens with one attached hydrogen (secondary N) is 1. The van der Waals surface area contributed by atoms with Crippen molar-refractivity contribution >= 4 is 11.9 Å². The van der Waals surface area contributed by atoms with E-state index >= 15 is 0 Å². The third-order valence-corrected chi connectivity index (χ3v) is 5.95. The molecule has 1 N–H and O–H groups in total. The van der Waals surface area contributed by atoms with Crippen molar-refractivity contribution in [2.24, 2.45) is 0 Å². The topological polar surface area (TPSA) is 80.9 Å². The Morgan fingerprint density at radius 1 is 1.17 bits per heavy atom. The molecular weight excluding hydrogens is 384 g/mol. The van der Waals surface area contributed by atoms with Crippen LogP contribution in [0.25, 0.3) is 0 Å². The minimum Gasteiger partial charge on any atom is -0.462 e. The second kappa shape index (κ2) is 8.42. The first kappa shape index (κ1) is 20.3. The second-order valence-corrected chi connectivity index (χ2v) is 7.90.